The van der Waals surface area contributed by atoms with Crippen molar-refractivity contribution in [3.8, 4) is 0 Å². The molecule has 4 nitrogen and oxygen atoms in total. The van der Waals surface area contributed by atoms with Crippen LogP contribution < -0.4 is 0 Å². The summed E-state index contributed by atoms with van der Waals surface area (Å²) in [7, 11) is 1.60. The van der Waals surface area contributed by atoms with Gasteiger partial charge < -0.3 is 10.0 Å². The lowest BCUT2D eigenvalue weighted by Gasteiger charge is -2.16. The van der Waals surface area contributed by atoms with Crippen molar-refractivity contribution >= 4 is 27.8 Å². The second-order valence-electron chi connectivity index (χ2n) is 3.83. The number of carbonyl (C=O) groups is 2. The van der Waals surface area contributed by atoms with Crippen LogP contribution in [0.25, 0.3) is 0 Å². The normalized spacial score (nSPS) is 10.1. The van der Waals surface area contributed by atoms with Crippen molar-refractivity contribution in [2.45, 2.75) is 13.3 Å². The number of aryl methyl sites for hydroxylation is 1. The Bertz CT molecular complexity index is 445. The number of carbonyl (C=O) groups excluding carboxylic acids is 1. The molecule has 1 N–H and O–H groups in total. The average Bonchev–Trinajstić information content (AvgIpc) is 2.28. The van der Waals surface area contributed by atoms with Gasteiger partial charge in [0, 0.05) is 23.6 Å². The minimum Gasteiger partial charge on any atom is -0.481 e. The van der Waals surface area contributed by atoms with E-state index in [1.807, 2.05) is 13.0 Å². The number of amides is 1. The maximum absolute atomic E-state index is 11.9. The van der Waals surface area contributed by atoms with E-state index in [1.54, 1.807) is 19.2 Å². The highest BCUT2D eigenvalue weighted by molar-refractivity contribution is 9.10. The minimum atomic E-state index is -0.906. The number of hydrogen-bond donors (Lipinski definition) is 1. The topological polar surface area (TPSA) is 57.6 Å². The van der Waals surface area contributed by atoms with E-state index in [1.165, 1.54) is 4.90 Å². The Morgan fingerprint density at radius 2 is 2.06 bits per heavy atom. The molecule has 0 spiro atoms. The third-order valence-corrected chi connectivity index (χ3v) is 3.30. The number of halogens is 1. The number of hydrogen-bond acceptors (Lipinski definition) is 2. The van der Waals surface area contributed by atoms with Crippen LogP contribution in [0.3, 0.4) is 0 Å². The van der Waals surface area contributed by atoms with Gasteiger partial charge in [0.15, 0.2) is 0 Å². The number of aliphatic carboxylic acids is 1. The van der Waals surface area contributed by atoms with Crippen molar-refractivity contribution in [2.75, 3.05) is 13.6 Å². The van der Waals surface area contributed by atoms with Gasteiger partial charge in [0.1, 0.15) is 0 Å². The van der Waals surface area contributed by atoms with E-state index in [0.29, 0.717) is 5.56 Å². The largest absolute Gasteiger partial charge is 0.481 e. The Labute approximate surface area is 108 Å². The lowest BCUT2D eigenvalue weighted by molar-refractivity contribution is -0.137. The summed E-state index contributed by atoms with van der Waals surface area (Å²) in [6.07, 6.45) is -0.0439. The number of carboxylic acids is 1. The fourth-order valence-corrected chi connectivity index (χ4v) is 1.61. The number of nitrogens with zero attached hydrogens (tertiary/aromatic N) is 1. The van der Waals surface area contributed by atoms with Crippen LogP contribution in [0.5, 0.6) is 0 Å². The first kappa shape index (κ1) is 13.7. The standard InChI is InChI=1S/C12H14BrNO3/c1-8-7-9(3-4-10(8)13)12(17)14(2)6-5-11(15)16/h3-4,7H,5-6H2,1-2H3,(H,15,16). The van der Waals surface area contributed by atoms with Crippen LogP contribution in [0.1, 0.15) is 22.3 Å². The Morgan fingerprint density at radius 1 is 1.41 bits per heavy atom. The molecule has 5 heteroatoms. The summed E-state index contributed by atoms with van der Waals surface area (Å²) in [5.41, 5.74) is 1.54. The van der Waals surface area contributed by atoms with Gasteiger partial charge in [-0.1, -0.05) is 15.9 Å². The van der Waals surface area contributed by atoms with Gasteiger partial charge in [0.25, 0.3) is 5.91 Å². The summed E-state index contributed by atoms with van der Waals surface area (Å²) in [6.45, 7) is 2.11. The van der Waals surface area contributed by atoms with E-state index >= 15 is 0 Å². The van der Waals surface area contributed by atoms with Gasteiger partial charge in [0.2, 0.25) is 0 Å². The molecule has 1 rings (SSSR count). The van der Waals surface area contributed by atoms with E-state index in [2.05, 4.69) is 15.9 Å². The molecule has 0 aliphatic carbocycles. The molecular formula is C12H14BrNO3. The van der Waals surface area contributed by atoms with Gasteiger partial charge in [-0.2, -0.15) is 0 Å². The van der Waals surface area contributed by atoms with Crippen LogP contribution in [-0.2, 0) is 4.79 Å². The minimum absolute atomic E-state index is 0.0439. The zero-order valence-corrected chi connectivity index (χ0v) is 11.3. The molecular weight excluding hydrogens is 286 g/mol. The number of rotatable bonds is 4. The van der Waals surface area contributed by atoms with Gasteiger partial charge >= 0.3 is 5.97 Å². The van der Waals surface area contributed by atoms with E-state index in [0.717, 1.165) is 10.0 Å². The molecule has 0 saturated heterocycles. The zero-order chi connectivity index (χ0) is 13.0. The van der Waals surface area contributed by atoms with Crippen LogP contribution in [0.4, 0.5) is 0 Å². The van der Waals surface area contributed by atoms with E-state index < -0.39 is 5.97 Å². The Hall–Kier alpha value is -1.36. The fraction of sp³-hybridized carbons (Fsp3) is 0.333. The van der Waals surface area contributed by atoms with Gasteiger partial charge in [-0.15, -0.1) is 0 Å². The highest BCUT2D eigenvalue weighted by Gasteiger charge is 2.13. The predicted octanol–water partition coefficient (Wildman–Crippen LogP) is 2.30. The third-order valence-electron chi connectivity index (χ3n) is 2.41. The second kappa shape index (κ2) is 5.82. The first-order valence-electron chi connectivity index (χ1n) is 5.15. The molecule has 0 bridgehead atoms. The Morgan fingerprint density at radius 3 is 2.59 bits per heavy atom. The third kappa shape index (κ3) is 3.85. The lowest BCUT2D eigenvalue weighted by atomic mass is 10.1. The first-order valence-corrected chi connectivity index (χ1v) is 5.94. The number of benzene rings is 1. The Kier molecular flexibility index (Phi) is 4.69. The Balaban J connectivity index is 2.74. The maximum Gasteiger partial charge on any atom is 0.305 e. The van der Waals surface area contributed by atoms with Gasteiger partial charge in [-0.3, -0.25) is 9.59 Å². The molecule has 92 valence electrons. The summed E-state index contributed by atoms with van der Waals surface area (Å²) in [4.78, 5) is 23.8. The highest BCUT2D eigenvalue weighted by atomic mass is 79.9. The zero-order valence-electron chi connectivity index (χ0n) is 9.74. The quantitative estimate of drug-likeness (QED) is 0.928. The average molecular weight is 300 g/mol. The molecule has 0 aliphatic rings. The molecule has 0 aromatic heterocycles. The summed E-state index contributed by atoms with van der Waals surface area (Å²) < 4.78 is 0.947. The molecule has 0 radical (unpaired) electrons. The molecule has 0 atom stereocenters. The van der Waals surface area contributed by atoms with Gasteiger partial charge in [0.05, 0.1) is 6.42 Å². The molecule has 0 heterocycles. The molecule has 0 aliphatic heterocycles. The predicted molar refractivity (Wildman–Crippen MR) is 68.1 cm³/mol. The maximum atomic E-state index is 11.9. The number of carboxylic acid groups (broad SMARTS) is 1. The van der Waals surface area contributed by atoms with Crippen LogP contribution in [0.15, 0.2) is 22.7 Å². The fourth-order valence-electron chi connectivity index (χ4n) is 1.36. The van der Waals surface area contributed by atoms with Crippen LogP contribution >= 0.6 is 15.9 Å². The molecule has 0 unspecified atom stereocenters. The van der Waals surface area contributed by atoms with Crippen molar-refractivity contribution in [3.05, 3.63) is 33.8 Å². The lowest BCUT2D eigenvalue weighted by Crippen LogP contribution is -2.29. The highest BCUT2D eigenvalue weighted by Crippen LogP contribution is 2.17. The molecule has 0 saturated carbocycles. The monoisotopic (exact) mass is 299 g/mol. The van der Waals surface area contributed by atoms with Crippen LogP contribution in [-0.4, -0.2) is 35.5 Å². The van der Waals surface area contributed by atoms with Crippen molar-refractivity contribution in [2.24, 2.45) is 0 Å². The smallest absolute Gasteiger partial charge is 0.305 e. The van der Waals surface area contributed by atoms with E-state index in [9.17, 15) is 9.59 Å². The second-order valence-corrected chi connectivity index (χ2v) is 4.69. The summed E-state index contributed by atoms with van der Waals surface area (Å²) >= 11 is 3.36. The molecule has 17 heavy (non-hydrogen) atoms. The molecule has 1 amide bonds. The van der Waals surface area contributed by atoms with Gasteiger partial charge in [-0.05, 0) is 30.7 Å². The SMILES string of the molecule is Cc1cc(C(=O)N(C)CCC(=O)O)ccc1Br. The van der Waals surface area contributed by atoms with E-state index in [4.69, 9.17) is 5.11 Å². The van der Waals surface area contributed by atoms with Crippen molar-refractivity contribution in [1.82, 2.24) is 4.90 Å². The summed E-state index contributed by atoms with van der Waals surface area (Å²) in [5, 5.41) is 8.55. The molecule has 0 fully saturated rings. The summed E-state index contributed by atoms with van der Waals surface area (Å²) in [6, 6.07) is 5.31. The first-order chi connectivity index (χ1) is 7.91. The van der Waals surface area contributed by atoms with E-state index in [-0.39, 0.29) is 18.9 Å². The van der Waals surface area contributed by atoms with Crippen LogP contribution in [0, 0.1) is 6.92 Å². The van der Waals surface area contributed by atoms with Gasteiger partial charge in [-0.25, -0.2) is 0 Å². The van der Waals surface area contributed by atoms with Crippen molar-refractivity contribution in [1.29, 1.82) is 0 Å². The van der Waals surface area contributed by atoms with Crippen molar-refractivity contribution in [3.63, 3.8) is 0 Å². The molecule has 1 aromatic carbocycles. The van der Waals surface area contributed by atoms with Crippen LogP contribution in [0.2, 0.25) is 0 Å². The summed E-state index contributed by atoms with van der Waals surface area (Å²) in [5.74, 6) is -1.07. The molecule has 1 aromatic rings. The van der Waals surface area contributed by atoms with Crippen molar-refractivity contribution < 1.29 is 14.7 Å².